The molecule has 0 aromatic heterocycles. The lowest BCUT2D eigenvalue weighted by atomic mass is 9.63. The van der Waals surface area contributed by atoms with Crippen molar-refractivity contribution in [3.63, 3.8) is 0 Å². The number of rotatable bonds is 5. The highest BCUT2D eigenvalue weighted by Gasteiger charge is 2.68. The number of nitrogens with zero attached hydrogens (tertiary/aromatic N) is 2. The molecule has 172 valence electrons. The van der Waals surface area contributed by atoms with Crippen molar-refractivity contribution in [3.8, 4) is 0 Å². The first-order valence-electron chi connectivity index (χ1n) is 11.3. The fourth-order valence-electron chi connectivity index (χ4n) is 6.05. The minimum Gasteiger partial charge on any atom is -0.292 e. The number of Topliss-reactive ketones (excluding diaryl/α,β-unsaturated/α-hetero) is 1. The van der Waals surface area contributed by atoms with Gasteiger partial charge in [0.15, 0.2) is 5.78 Å². The van der Waals surface area contributed by atoms with Crippen LogP contribution in [0.4, 0.5) is 4.39 Å². The summed E-state index contributed by atoms with van der Waals surface area (Å²) in [6.45, 7) is -0.553. The quantitative estimate of drug-likeness (QED) is 0.372. The molecular weight excluding hydrogens is 459 g/mol. The van der Waals surface area contributed by atoms with Crippen molar-refractivity contribution < 1.29 is 23.6 Å². The zero-order chi connectivity index (χ0) is 23.7. The molecule has 1 aliphatic heterocycles. The number of imide groups is 1. The lowest BCUT2D eigenvalue weighted by Crippen LogP contribution is -2.52. The summed E-state index contributed by atoms with van der Waals surface area (Å²) in [5.41, 5.74) is 0.244. The number of halogens is 2. The Hall–Kier alpha value is -3.32. The molecule has 0 radical (unpaired) electrons. The zero-order valence-corrected chi connectivity index (χ0v) is 18.7. The fraction of sp³-hybridized carbons (Fsp3) is 0.308. The van der Waals surface area contributed by atoms with Crippen LogP contribution in [0.15, 0.2) is 60.7 Å². The number of hydrazine groups is 1. The summed E-state index contributed by atoms with van der Waals surface area (Å²) in [6, 6.07) is 11.2. The Morgan fingerprint density at radius 3 is 2.12 bits per heavy atom. The first kappa shape index (κ1) is 21.2. The fourth-order valence-corrected chi connectivity index (χ4v) is 6.27. The highest BCUT2D eigenvalue weighted by Crippen LogP contribution is 2.65. The number of allylic oxidation sites excluding steroid dienone is 2. The first-order valence-corrected chi connectivity index (χ1v) is 11.7. The molecule has 1 saturated heterocycles. The maximum Gasteiger partial charge on any atom is 0.274 e. The van der Waals surface area contributed by atoms with Crippen molar-refractivity contribution >= 4 is 35.1 Å². The average molecular weight is 479 g/mol. The molecule has 8 heteroatoms. The smallest absolute Gasteiger partial charge is 0.274 e. The Labute approximate surface area is 199 Å². The molecule has 2 aromatic rings. The minimum atomic E-state index is -0.716. The summed E-state index contributed by atoms with van der Waals surface area (Å²) in [7, 11) is 0. The van der Waals surface area contributed by atoms with Crippen molar-refractivity contribution in [1.82, 2.24) is 10.0 Å². The predicted molar refractivity (Wildman–Crippen MR) is 120 cm³/mol. The van der Waals surface area contributed by atoms with Gasteiger partial charge in [0.2, 0.25) is 0 Å². The van der Waals surface area contributed by atoms with E-state index >= 15 is 0 Å². The van der Waals surface area contributed by atoms with E-state index in [9.17, 15) is 23.6 Å². The minimum absolute atomic E-state index is 0.0217. The van der Waals surface area contributed by atoms with Gasteiger partial charge in [0.25, 0.3) is 17.7 Å². The van der Waals surface area contributed by atoms with Crippen LogP contribution in [0.5, 0.6) is 0 Å². The van der Waals surface area contributed by atoms with Crippen LogP contribution < -0.4 is 0 Å². The van der Waals surface area contributed by atoms with E-state index in [2.05, 4.69) is 0 Å². The topological polar surface area (TPSA) is 74.8 Å². The van der Waals surface area contributed by atoms with Crippen LogP contribution in [0.25, 0.3) is 0 Å². The number of hydrogen-bond donors (Lipinski definition) is 0. The third-order valence-electron chi connectivity index (χ3n) is 7.68. The Morgan fingerprint density at radius 2 is 1.53 bits per heavy atom. The number of carbonyl (C=O) groups excluding carboxylic acids is 4. The molecule has 34 heavy (non-hydrogen) atoms. The van der Waals surface area contributed by atoms with Crippen molar-refractivity contribution in [2.75, 3.05) is 6.54 Å². The second-order valence-electron chi connectivity index (χ2n) is 9.42. The van der Waals surface area contributed by atoms with E-state index in [-0.39, 0.29) is 28.0 Å². The summed E-state index contributed by atoms with van der Waals surface area (Å²) < 4.78 is 13.3. The first-order chi connectivity index (χ1) is 16.4. The molecular formula is C26H20ClFN2O4. The summed E-state index contributed by atoms with van der Waals surface area (Å²) in [4.78, 5) is 53.9. The number of carbonyl (C=O) groups is 4. The molecule has 3 amide bonds. The van der Waals surface area contributed by atoms with Crippen molar-refractivity contribution in [2.24, 2.45) is 35.5 Å². The van der Waals surface area contributed by atoms with Crippen LogP contribution in [0.1, 0.15) is 27.1 Å². The van der Waals surface area contributed by atoms with Gasteiger partial charge >= 0.3 is 0 Å². The maximum atomic E-state index is 13.6. The standard InChI is InChI=1S/C26H20ClFN2O4/c27-20-4-2-1-3-17(20)24(32)29(12-21(31)13-5-7-14(28)8-6-13)30-25(33)22-15-9-10-16(19-11-18(15)19)23(22)26(30)34/h1-10,15-16,18-19,22-23H,11-12H2/t15-,16-,18-,19-,22-,23+/m0/s1. The normalized spacial score (nSPS) is 30.2. The van der Waals surface area contributed by atoms with E-state index in [1.165, 1.54) is 24.3 Å². The highest BCUT2D eigenvalue weighted by atomic mass is 35.5. The van der Waals surface area contributed by atoms with Crippen LogP contribution in [0.2, 0.25) is 5.02 Å². The summed E-state index contributed by atoms with van der Waals surface area (Å²) >= 11 is 6.24. The average Bonchev–Trinajstić information content (AvgIpc) is 3.61. The van der Waals surface area contributed by atoms with Gasteiger partial charge < -0.3 is 0 Å². The molecule has 2 bridgehead atoms. The van der Waals surface area contributed by atoms with Gasteiger partial charge in [0.1, 0.15) is 12.4 Å². The van der Waals surface area contributed by atoms with Crippen molar-refractivity contribution in [3.05, 3.63) is 82.6 Å². The number of hydrogen-bond acceptors (Lipinski definition) is 4. The Bertz CT molecular complexity index is 1240. The summed E-state index contributed by atoms with van der Waals surface area (Å²) in [5, 5.41) is 1.94. The molecule has 0 spiro atoms. The molecule has 5 aliphatic rings. The van der Waals surface area contributed by atoms with Crippen molar-refractivity contribution in [1.29, 1.82) is 0 Å². The van der Waals surface area contributed by atoms with Crippen molar-refractivity contribution in [2.45, 2.75) is 6.42 Å². The second kappa shape index (κ2) is 7.60. The SMILES string of the molecule is O=C(CN(C(=O)c1ccccc1Cl)N1C(=O)[C@@H]2[C@H]3C=C[C@@H]([C@@H]4C[C@@H]34)[C@@H]2C1=O)c1ccc(F)cc1. The Kier molecular flexibility index (Phi) is 4.74. The van der Waals surface area contributed by atoms with Gasteiger partial charge in [-0.2, -0.15) is 5.01 Å². The largest absolute Gasteiger partial charge is 0.292 e. The third kappa shape index (κ3) is 3.06. The van der Waals surface area contributed by atoms with Crippen LogP contribution in [-0.4, -0.2) is 40.1 Å². The third-order valence-corrected chi connectivity index (χ3v) is 8.01. The Balaban J connectivity index is 1.37. The summed E-state index contributed by atoms with van der Waals surface area (Å²) in [5.74, 6) is -2.93. The second-order valence-corrected chi connectivity index (χ2v) is 9.82. The van der Waals surface area contributed by atoms with Gasteiger partial charge in [0.05, 0.1) is 22.4 Å². The molecule has 2 aromatic carbocycles. The molecule has 0 unspecified atom stereocenters. The molecule has 3 fully saturated rings. The van der Waals surface area contributed by atoms with Gasteiger partial charge in [-0.15, -0.1) is 0 Å². The molecule has 0 N–H and O–H groups in total. The van der Waals surface area contributed by atoms with E-state index in [1.807, 2.05) is 12.2 Å². The molecule has 4 aliphatic carbocycles. The van der Waals surface area contributed by atoms with Gasteiger partial charge in [-0.1, -0.05) is 35.9 Å². The molecule has 1 heterocycles. The van der Waals surface area contributed by atoms with Gasteiger partial charge in [0, 0.05) is 5.56 Å². The zero-order valence-electron chi connectivity index (χ0n) is 17.9. The lowest BCUT2D eigenvalue weighted by Gasteiger charge is -2.37. The summed E-state index contributed by atoms with van der Waals surface area (Å²) in [6.07, 6.45) is 5.10. The van der Waals surface area contributed by atoms with Crippen LogP contribution >= 0.6 is 11.6 Å². The van der Waals surface area contributed by atoms with Crippen LogP contribution in [0.3, 0.4) is 0 Å². The highest BCUT2D eigenvalue weighted by molar-refractivity contribution is 6.34. The predicted octanol–water partition coefficient (Wildman–Crippen LogP) is 3.77. The van der Waals surface area contributed by atoms with Crippen LogP contribution in [-0.2, 0) is 9.59 Å². The van der Waals surface area contributed by atoms with Gasteiger partial charge in [-0.05, 0) is 66.5 Å². The number of benzene rings is 2. The molecule has 2 saturated carbocycles. The van der Waals surface area contributed by atoms with Gasteiger partial charge in [-0.3, -0.25) is 19.2 Å². The molecule has 6 atom stereocenters. The van der Waals surface area contributed by atoms with E-state index in [0.717, 1.165) is 28.6 Å². The monoisotopic (exact) mass is 478 g/mol. The maximum absolute atomic E-state index is 13.6. The van der Waals surface area contributed by atoms with Crippen LogP contribution in [0, 0.1) is 41.3 Å². The van der Waals surface area contributed by atoms with E-state index < -0.39 is 47.7 Å². The molecule has 7 rings (SSSR count). The number of amides is 3. The Morgan fingerprint density at radius 1 is 0.941 bits per heavy atom. The van der Waals surface area contributed by atoms with E-state index in [4.69, 9.17) is 11.6 Å². The van der Waals surface area contributed by atoms with E-state index in [1.54, 1.807) is 12.1 Å². The van der Waals surface area contributed by atoms with Gasteiger partial charge in [-0.25, -0.2) is 9.40 Å². The molecule has 6 nitrogen and oxygen atoms in total. The lowest BCUT2D eigenvalue weighted by molar-refractivity contribution is -0.154. The van der Waals surface area contributed by atoms with E-state index in [0.29, 0.717) is 11.8 Å². The number of ketones is 1.